The van der Waals surface area contributed by atoms with Crippen molar-refractivity contribution in [2.45, 2.75) is 52.6 Å². The van der Waals surface area contributed by atoms with Crippen LogP contribution in [0.5, 0.6) is 0 Å². The monoisotopic (exact) mass is 271 g/mol. The molecule has 1 atom stereocenters. The molecule has 1 unspecified atom stereocenters. The van der Waals surface area contributed by atoms with Crippen molar-refractivity contribution in [2.24, 2.45) is 5.41 Å². The van der Waals surface area contributed by atoms with E-state index in [2.05, 4.69) is 20.8 Å². The van der Waals surface area contributed by atoms with Crippen molar-refractivity contribution in [3.05, 3.63) is 0 Å². The molecule has 1 rings (SSSR count). The highest BCUT2D eigenvalue weighted by atomic mass is 16.5. The molecule has 1 aliphatic heterocycles. The van der Waals surface area contributed by atoms with Crippen LogP contribution < -0.4 is 0 Å². The number of hydrogen-bond acceptors (Lipinski definition) is 3. The molecule has 0 aromatic carbocycles. The van der Waals surface area contributed by atoms with Crippen molar-refractivity contribution in [2.75, 3.05) is 19.7 Å². The van der Waals surface area contributed by atoms with E-state index >= 15 is 0 Å². The molecule has 0 aliphatic carbocycles. The van der Waals surface area contributed by atoms with Crippen LogP contribution in [-0.2, 0) is 14.3 Å². The van der Waals surface area contributed by atoms with E-state index in [0.717, 1.165) is 12.8 Å². The summed E-state index contributed by atoms with van der Waals surface area (Å²) in [4.78, 5) is 24.4. The molecule has 0 aromatic heterocycles. The predicted octanol–water partition coefficient (Wildman–Crippen LogP) is 1.90. The Morgan fingerprint density at radius 2 is 2.05 bits per heavy atom. The number of carboxylic acids is 1. The Hall–Kier alpha value is -1.10. The van der Waals surface area contributed by atoms with Crippen molar-refractivity contribution >= 4 is 11.9 Å². The summed E-state index contributed by atoms with van der Waals surface area (Å²) < 4.78 is 5.35. The summed E-state index contributed by atoms with van der Waals surface area (Å²) in [5.41, 5.74) is 0.247. The van der Waals surface area contributed by atoms with Crippen LogP contribution in [0.2, 0.25) is 0 Å². The summed E-state index contributed by atoms with van der Waals surface area (Å²) in [6.45, 7) is 7.90. The highest BCUT2D eigenvalue weighted by Crippen LogP contribution is 2.22. The quantitative estimate of drug-likeness (QED) is 0.829. The smallest absolute Gasteiger partial charge is 0.306 e. The van der Waals surface area contributed by atoms with Crippen LogP contribution in [0.1, 0.15) is 46.5 Å². The number of aliphatic carboxylic acids is 1. The van der Waals surface area contributed by atoms with E-state index in [9.17, 15) is 9.59 Å². The van der Waals surface area contributed by atoms with E-state index in [1.807, 2.05) is 0 Å². The number of rotatable bonds is 5. The number of ether oxygens (including phenoxy) is 1. The topological polar surface area (TPSA) is 66.8 Å². The Morgan fingerprint density at radius 1 is 1.37 bits per heavy atom. The molecule has 19 heavy (non-hydrogen) atoms. The number of nitrogens with zero attached hydrogens (tertiary/aromatic N) is 1. The fourth-order valence-corrected chi connectivity index (χ4v) is 2.19. The van der Waals surface area contributed by atoms with Gasteiger partial charge in [0.25, 0.3) is 0 Å². The predicted molar refractivity (Wildman–Crippen MR) is 71.9 cm³/mol. The summed E-state index contributed by atoms with van der Waals surface area (Å²) in [5.74, 6) is -0.769. The second-order valence-electron chi connectivity index (χ2n) is 6.34. The summed E-state index contributed by atoms with van der Waals surface area (Å²) in [6, 6.07) is 0. The molecule has 0 saturated carbocycles. The van der Waals surface area contributed by atoms with Gasteiger partial charge in [0, 0.05) is 19.5 Å². The van der Waals surface area contributed by atoms with Crippen molar-refractivity contribution in [1.29, 1.82) is 0 Å². The van der Waals surface area contributed by atoms with E-state index in [1.54, 1.807) is 4.90 Å². The van der Waals surface area contributed by atoms with Gasteiger partial charge in [-0.25, -0.2) is 0 Å². The molecule has 1 fully saturated rings. The molecule has 0 bridgehead atoms. The number of hydrogen-bond donors (Lipinski definition) is 1. The van der Waals surface area contributed by atoms with Gasteiger partial charge in [0.05, 0.1) is 19.1 Å². The molecular formula is C14H25NO4. The number of carbonyl (C=O) groups is 2. The summed E-state index contributed by atoms with van der Waals surface area (Å²) in [7, 11) is 0. The molecule has 0 aromatic rings. The van der Waals surface area contributed by atoms with Gasteiger partial charge in [-0.15, -0.1) is 0 Å². The Labute approximate surface area is 114 Å². The zero-order valence-corrected chi connectivity index (χ0v) is 12.1. The van der Waals surface area contributed by atoms with Crippen LogP contribution in [0.25, 0.3) is 0 Å². The van der Waals surface area contributed by atoms with Gasteiger partial charge in [0.2, 0.25) is 5.91 Å². The van der Waals surface area contributed by atoms with Gasteiger partial charge in [-0.3, -0.25) is 9.59 Å². The first-order chi connectivity index (χ1) is 8.78. The minimum absolute atomic E-state index is 0.0359. The van der Waals surface area contributed by atoms with Crippen molar-refractivity contribution < 1.29 is 19.4 Å². The van der Waals surface area contributed by atoms with Gasteiger partial charge < -0.3 is 14.7 Å². The second kappa shape index (κ2) is 6.89. The van der Waals surface area contributed by atoms with E-state index in [0.29, 0.717) is 26.1 Å². The van der Waals surface area contributed by atoms with Crippen molar-refractivity contribution in [1.82, 2.24) is 4.90 Å². The lowest BCUT2D eigenvalue weighted by Crippen LogP contribution is -2.46. The number of morpholine rings is 1. The normalized spacial score (nSPS) is 20.4. The van der Waals surface area contributed by atoms with Crippen LogP contribution >= 0.6 is 0 Å². The second-order valence-corrected chi connectivity index (χ2v) is 6.34. The number of carboxylic acid groups (broad SMARTS) is 1. The largest absolute Gasteiger partial charge is 0.481 e. The van der Waals surface area contributed by atoms with Gasteiger partial charge >= 0.3 is 5.97 Å². The third kappa shape index (κ3) is 6.57. The maximum Gasteiger partial charge on any atom is 0.306 e. The van der Waals surface area contributed by atoms with Crippen LogP contribution in [0.15, 0.2) is 0 Å². The molecule has 110 valence electrons. The van der Waals surface area contributed by atoms with Crippen molar-refractivity contribution in [3.63, 3.8) is 0 Å². The van der Waals surface area contributed by atoms with Crippen LogP contribution in [0.3, 0.4) is 0 Å². The van der Waals surface area contributed by atoms with E-state index in [-0.39, 0.29) is 23.8 Å². The van der Waals surface area contributed by atoms with E-state index < -0.39 is 5.97 Å². The Morgan fingerprint density at radius 3 is 2.63 bits per heavy atom. The fourth-order valence-electron chi connectivity index (χ4n) is 2.19. The minimum atomic E-state index is -0.882. The molecule has 5 nitrogen and oxygen atoms in total. The highest BCUT2D eigenvalue weighted by Gasteiger charge is 2.25. The molecule has 0 radical (unpaired) electrons. The van der Waals surface area contributed by atoms with Gasteiger partial charge in [-0.2, -0.15) is 0 Å². The molecular weight excluding hydrogens is 246 g/mol. The third-order valence-corrected chi connectivity index (χ3v) is 3.21. The zero-order chi connectivity index (χ0) is 14.5. The summed E-state index contributed by atoms with van der Waals surface area (Å²) in [5, 5.41) is 8.74. The molecule has 1 heterocycles. The Balaban J connectivity index is 2.33. The highest BCUT2D eigenvalue weighted by molar-refractivity contribution is 5.76. The lowest BCUT2D eigenvalue weighted by Gasteiger charge is -2.32. The summed E-state index contributed by atoms with van der Waals surface area (Å²) >= 11 is 0. The van der Waals surface area contributed by atoms with Gasteiger partial charge in [0.1, 0.15) is 0 Å². The minimum Gasteiger partial charge on any atom is -0.481 e. The van der Waals surface area contributed by atoms with Gasteiger partial charge in [-0.1, -0.05) is 20.8 Å². The number of carbonyl (C=O) groups excluding carboxylic acids is 1. The van der Waals surface area contributed by atoms with Gasteiger partial charge in [-0.05, 0) is 18.3 Å². The molecule has 0 spiro atoms. The van der Waals surface area contributed by atoms with Crippen LogP contribution in [0.4, 0.5) is 0 Å². The molecule has 1 N–H and O–H groups in total. The lowest BCUT2D eigenvalue weighted by atomic mass is 9.90. The first-order valence-electron chi connectivity index (χ1n) is 6.89. The molecule has 1 saturated heterocycles. The Kier molecular flexibility index (Phi) is 5.79. The summed E-state index contributed by atoms with van der Waals surface area (Å²) in [6.07, 6.45) is 2.03. The first kappa shape index (κ1) is 16.0. The zero-order valence-electron chi connectivity index (χ0n) is 12.1. The van der Waals surface area contributed by atoms with Crippen molar-refractivity contribution in [3.8, 4) is 0 Å². The SMILES string of the molecule is CC(C)(C)CCCC(=O)N1CCOC(CC(=O)O)C1. The van der Waals surface area contributed by atoms with Crippen LogP contribution in [0, 0.1) is 5.41 Å². The van der Waals surface area contributed by atoms with Crippen LogP contribution in [-0.4, -0.2) is 47.7 Å². The Bertz CT molecular complexity index is 322. The first-order valence-corrected chi connectivity index (χ1v) is 6.89. The molecule has 5 heteroatoms. The van der Waals surface area contributed by atoms with E-state index in [4.69, 9.17) is 9.84 Å². The molecule has 1 aliphatic rings. The van der Waals surface area contributed by atoms with E-state index in [1.165, 1.54) is 0 Å². The lowest BCUT2D eigenvalue weighted by molar-refractivity contribution is -0.147. The average Bonchev–Trinajstić information content (AvgIpc) is 2.26. The number of amides is 1. The molecule has 1 amide bonds. The maximum atomic E-state index is 12.0. The fraction of sp³-hybridized carbons (Fsp3) is 0.857. The standard InChI is InChI=1S/C14H25NO4/c1-14(2,3)6-4-5-12(16)15-7-8-19-11(10-15)9-13(17)18/h11H,4-10H2,1-3H3,(H,17,18). The van der Waals surface area contributed by atoms with Gasteiger partial charge in [0.15, 0.2) is 0 Å². The average molecular weight is 271 g/mol. The third-order valence-electron chi connectivity index (χ3n) is 3.21. The maximum absolute atomic E-state index is 12.0.